The predicted octanol–water partition coefficient (Wildman–Crippen LogP) is 0.602. The first kappa shape index (κ1) is 11.7. The second kappa shape index (κ2) is 5.50. The Balaban J connectivity index is 3.00. The van der Waals surface area contributed by atoms with Gasteiger partial charge in [-0.05, 0) is 12.8 Å². The van der Waals surface area contributed by atoms with E-state index in [4.69, 9.17) is 5.84 Å². The van der Waals surface area contributed by atoms with Crippen molar-refractivity contribution in [2.75, 3.05) is 6.54 Å². The molecule has 0 aliphatic rings. The highest BCUT2D eigenvalue weighted by Gasteiger charge is 2.10. The first-order valence-corrected chi connectivity index (χ1v) is 5.26. The summed E-state index contributed by atoms with van der Waals surface area (Å²) in [5.41, 5.74) is 4.65. The Hall–Kier alpha value is -1.36. The second-order valence-electron chi connectivity index (χ2n) is 3.39. The third-order valence-electron chi connectivity index (χ3n) is 2.13. The van der Waals surface area contributed by atoms with Crippen molar-refractivity contribution in [3.05, 3.63) is 17.5 Å². The molecule has 0 atom stereocenters. The SMILES string of the molecule is CCCN=C(NN)c1cn(C)nc1CC. The Labute approximate surface area is 90.3 Å². The molecule has 0 saturated heterocycles. The van der Waals surface area contributed by atoms with E-state index in [1.165, 1.54) is 0 Å². The molecule has 0 amide bonds. The number of amidine groups is 1. The van der Waals surface area contributed by atoms with Gasteiger partial charge in [-0.1, -0.05) is 13.8 Å². The Morgan fingerprint density at radius 2 is 2.33 bits per heavy atom. The van der Waals surface area contributed by atoms with Crippen molar-refractivity contribution in [2.45, 2.75) is 26.7 Å². The van der Waals surface area contributed by atoms with Crippen LogP contribution in [0.3, 0.4) is 0 Å². The minimum absolute atomic E-state index is 0.724. The lowest BCUT2D eigenvalue weighted by Gasteiger charge is -2.04. The fraction of sp³-hybridized carbons (Fsp3) is 0.600. The molecule has 0 unspecified atom stereocenters. The molecule has 0 radical (unpaired) electrons. The Bertz CT molecular complexity index is 340. The first-order valence-electron chi connectivity index (χ1n) is 5.26. The van der Waals surface area contributed by atoms with Crippen molar-refractivity contribution in [3.63, 3.8) is 0 Å². The molecule has 1 aromatic heterocycles. The van der Waals surface area contributed by atoms with Gasteiger partial charge < -0.3 is 5.43 Å². The predicted molar refractivity (Wildman–Crippen MR) is 61.6 cm³/mol. The highest BCUT2D eigenvalue weighted by molar-refractivity contribution is 5.99. The molecule has 0 aliphatic heterocycles. The fourth-order valence-corrected chi connectivity index (χ4v) is 1.43. The van der Waals surface area contributed by atoms with Crippen molar-refractivity contribution in [1.29, 1.82) is 0 Å². The van der Waals surface area contributed by atoms with Crippen LogP contribution in [0, 0.1) is 0 Å². The van der Waals surface area contributed by atoms with E-state index >= 15 is 0 Å². The Morgan fingerprint density at radius 3 is 2.87 bits per heavy atom. The van der Waals surface area contributed by atoms with E-state index < -0.39 is 0 Å². The highest BCUT2D eigenvalue weighted by Crippen LogP contribution is 2.07. The van der Waals surface area contributed by atoms with Crippen molar-refractivity contribution in [2.24, 2.45) is 17.9 Å². The maximum absolute atomic E-state index is 5.46. The van der Waals surface area contributed by atoms with Crippen molar-refractivity contribution in [3.8, 4) is 0 Å². The number of hydrazine groups is 1. The largest absolute Gasteiger partial charge is 0.308 e. The van der Waals surface area contributed by atoms with Gasteiger partial charge in [0, 0.05) is 19.8 Å². The average Bonchev–Trinajstić information content (AvgIpc) is 2.61. The van der Waals surface area contributed by atoms with Gasteiger partial charge >= 0.3 is 0 Å². The minimum atomic E-state index is 0.724. The maximum atomic E-state index is 5.46. The summed E-state index contributed by atoms with van der Waals surface area (Å²) in [6, 6.07) is 0. The number of nitrogens with one attached hydrogen (secondary N) is 1. The van der Waals surface area contributed by atoms with Gasteiger partial charge in [-0.15, -0.1) is 0 Å². The van der Waals surface area contributed by atoms with E-state index in [0.717, 1.165) is 36.5 Å². The molecule has 0 fully saturated rings. The molecule has 0 saturated carbocycles. The fourth-order valence-electron chi connectivity index (χ4n) is 1.43. The number of aryl methyl sites for hydroxylation is 2. The number of rotatable bonds is 4. The molecule has 1 heterocycles. The molecular weight excluding hydrogens is 190 g/mol. The lowest BCUT2D eigenvalue weighted by molar-refractivity contribution is 0.746. The standard InChI is InChI=1S/C10H19N5/c1-4-6-12-10(13-11)8-7-15(3)14-9(8)5-2/h7H,4-6,11H2,1-3H3,(H,12,13). The number of nitrogens with zero attached hydrogens (tertiary/aromatic N) is 3. The molecule has 1 rings (SSSR count). The van der Waals surface area contributed by atoms with Crippen molar-refractivity contribution < 1.29 is 0 Å². The molecule has 15 heavy (non-hydrogen) atoms. The summed E-state index contributed by atoms with van der Waals surface area (Å²) in [5, 5.41) is 4.35. The molecule has 3 N–H and O–H groups in total. The molecule has 0 bridgehead atoms. The lowest BCUT2D eigenvalue weighted by Crippen LogP contribution is -2.31. The molecule has 0 aliphatic carbocycles. The Kier molecular flexibility index (Phi) is 4.30. The summed E-state index contributed by atoms with van der Waals surface area (Å²) >= 11 is 0. The first-order chi connectivity index (χ1) is 7.22. The van der Waals surface area contributed by atoms with E-state index in [9.17, 15) is 0 Å². The molecule has 0 aromatic carbocycles. The topological polar surface area (TPSA) is 68.2 Å². The van der Waals surface area contributed by atoms with Crippen LogP contribution in [-0.2, 0) is 13.5 Å². The zero-order valence-corrected chi connectivity index (χ0v) is 9.62. The van der Waals surface area contributed by atoms with Crippen LogP contribution in [0.25, 0.3) is 0 Å². The molecular formula is C10H19N5. The molecule has 5 nitrogen and oxygen atoms in total. The van der Waals surface area contributed by atoms with Crippen LogP contribution in [-0.4, -0.2) is 22.2 Å². The van der Waals surface area contributed by atoms with Crippen molar-refractivity contribution in [1.82, 2.24) is 15.2 Å². The average molecular weight is 209 g/mol. The van der Waals surface area contributed by atoms with Crippen LogP contribution >= 0.6 is 0 Å². The zero-order chi connectivity index (χ0) is 11.3. The summed E-state index contributed by atoms with van der Waals surface area (Å²) in [7, 11) is 1.90. The van der Waals surface area contributed by atoms with Gasteiger partial charge in [0.25, 0.3) is 0 Å². The van der Waals surface area contributed by atoms with E-state index in [1.807, 2.05) is 13.2 Å². The summed E-state index contributed by atoms with van der Waals surface area (Å²) in [5.74, 6) is 6.18. The summed E-state index contributed by atoms with van der Waals surface area (Å²) in [6.45, 7) is 4.93. The number of hydrogen-bond donors (Lipinski definition) is 2. The van der Waals surface area contributed by atoms with Crippen LogP contribution in [0.5, 0.6) is 0 Å². The minimum Gasteiger partial charge on any atom is -0.308 e. The van der Waals surface area contributed by atoms with Crippen LogP contribution in [0.2, 0.25) is 0 Å². The van der Waals surface area contributed by atoms with Gasteiger partial charge in [0.2, 0.25) is 0 Å². The molecule has 84 valence electrons. The lowest BCUT2D eigenvalue weighted by atomic mass is 10.2. The molecule has 0 spiro atoms. The number of hydrogen-bond acceptors (Lipinski definition) is 3. The third kappa shape index (κ3) is 2.79. The van der Waals surface area contributed by atoms with Gasteiger partial charge in [0.15, 0.2) is 0 Å². The van der Waals surface area contributed by atoms with Gasteiger partial charge in [-0.25, -0.2) is 5.84 Å². The number of nitrogens with two attached hydrogens (primary N) is 1. The van der Waals surface area contributed by atoms with Gasteiger partial charge in [0.1, 0.15) is 5.84 Å². The van der Waals surface area contributed by atoms with Crippen LogP contribution in [0.4, 0.5) is 0 Å². The van der Waals surface area contributed by atoms with E-state index in [1.54, 1.807) is 4.68 Å². The second-order valence-corrected chi connectivity index (χ2v) is 3.39. The van der Waals surface area contributed by atoms with Gasteiger partial charge in [-0.2, -0.15) is 5.10 Å². The molecule has 5 heteroatoms. The highest BCUT2D eigenvalue weighted by atomic mass is 15.3. The third-order valence-corrected chi connectivity index (χ3v) is 2.13. The van der Waals surface area contributed by atoms with Crippen LogP contribution < -0.4 is 11.3 Å². The van der Waals surface area contributed by atoms with Gasteiger partial charge in [0.05, 0.1) is 11.3 Å². The zero-order valence-electron chi connectivity index (χ0n) is 9.62. The van der Waals surface area contributed by atoms with E-state index in [-0.39, 0.29) is 0 Å². The summed E-state index contributed by atoms with van der Waals surface area (Å²) in [6.07, 6.45) is 3.82. The Morgan fingerprint density at radius 1 is 1.60 bits per heavy atom. The number of aliphatic imine (C=N–C) groups is 1. The monoisotopic (exact) mass is 209 g/mol. The maximum Gasteiger partial charge on any atom is 0.146 e. The molecule has 1 aromatic rings. The van der Waals surface area contributed by atoms with E-state index in [0.29, 0.717) is 0 Å². The summed E-state index contributed by atoms with van der Waals surface area (Å²) in [4.78, 5) is 4.38. The van der Waals surface area contributed by atoms with Gasteiger partial charge in [-0.3, -0.25) is 9.67 Å². The normalized spacial score (nSPS) is 11.9. The smallest absolute Gasteiger partial charge is 0.146 e. The van der Waals surface area contributed by atoms with Crippen LogP contribution in [0.15, 0.2) is 11.2 Å². The van der Waals surface area contributed by atoms with E-state index in [2.05, 4.69) is 29.4 Å². The summed E-state index contributed by atoms with van der Waals surface area (Å²) < 4.78 is 1.78. The van der Waals surface area contributed by atoms with Crippen molar-refractivity contribution >= 4 is 5.84 Å². The van der Waals surface area contributed by atoms with Crippen LogP contribution in [0.1, 0.15) is 31.5 Å². The number of aromatic nitrogens is 2. The quantitative estimate of drug-likeness (QED) is 0.330.